The summed E-state index contributed by atoms with van der Waals surface area (Å²) >= 11 is 0. The first kappa shape index (κ1) is 22.7. The molecule has 3 aliphatic rings. The summed E-state index contributed by atoms with van der Waals surface area (Å²) in [5, 5.41) is 0. The van der Waals surface area contributed by atoms with E-state index in [0.29, 0.717) is 28.1 Å². The van der Waals surface area contributed by atoms with E-state index < -0.39 is 17.4 Å². The molecule has 2 bridgehead atoms. The van der Waals surface area contributed by atoms with E-state index in [2.05, 4.69) is 9.88 Å². The first-order valence-electron chi connectivity index (χ1n) is 12.2. The Balaban J connectivity index is 1.36. The van der Waals surface area contributed by atoms with E-state index in [4.69, 9.17) is 4.42 Å². The van der Waals surface area contributed by atoms with Gasteiger partial charge in [0.25, 0.3) is 5.91 Å². The van der Waals surface area contributed by atoms with Crippen molar-refractivity contribution in [3.8, 4) is 11.1 Å². The second kappa shape index (κ2) is 9.02. The molecule has 1 aromatic heterocycles. The highest BCUT2D eigenvalue weighted by Gasteiger charge is 2.39. The van der Waals surface area contributed by atoms with Gasteiger partial charge in [-0.25, -0.2) is 13.6 Å². The molecule has 0 unspecified atom stereocenters. The minimum atomic E-state index is -0.533. The van der Waals surface area contributed by atoms with Crippen molar-refractivity contribution in [2.75, 3.05) is 19.6 Å². The lowest BCUT2D eigenvalue weighted by molar-refractivity contribution is 0.00434. The molecule has 36 heavy (non-hydrogen) atoms. The number of rotatable bonds is 5. The van der Waals surface area contributed by atoms with Crippen molar-refractivity contribution < 1.29 is 18.0 Å². The summed E-state index contributed by atoms with van der Waals surface area (Å²) < 4.78 is 33.8. The molecule has 3 fully saturated rings. The number of hydrogen-bond acceptors (Lipinski definition) is 4. The molecular formula is C28H25F2N3O3. The molecule has 6 nitrogen and oxygen atoms in total. The van der Waals surface area contributed by atoms with Crippen LogP contribution in [0.3, 0.4) is 0 Å². The molecule has 8 heteroatoms. The van der Waals surface area contributed by atoms with Gasteiger partial charge >= 0.3 is 5.76 Å². The van der Waals surface area contributed by atoms with Crippen LogP contribution < -0.4 is 5.76 Å². The molecule has 7 rings (SSSR count). The summed E-state index contributed by atoms with van der Waals surface area (Å²) in [7, 11) is 0. The van der Waals surface area contributed by atoms with Gasteiger partial charge < -0.3 is 14.2 Å². The maximum atomic E-state index is 15.1. The molecule has 1 amide bonds. The van der Waals surface area contributed by atoms with Crippen molar-refractivity contribution in [3.05, 3.63) is 94.0 Å². The Kier molecular flexibility index (Phi) is 5.68. The number of fused-ring (bicyclic) bond motifs is 4. The normalized spacial score (nSPS) is 21.1. The Morgan fingerprint density at radius 2 is 1.72 bits per heavy atom. The lowest BCUT2D eigenvalue weighted by atomic mass is 9.82. The van der Waals surface area contributed by atoms with Gasteiger partial charge in [0, 0.05) is 30.3 Å². The molecule has 0 aliphatic carbocycles. The second-order valence-electron chi connectivity index (χ2n) is 9.68. The maximum absolute atomic E-state index is 15.1. The van der Waals surface area contributed by atoms with Crippen LogP contribution in [0.15, 0.2) is 69.9 Å². The van der Waals surface area contributed by atoms with Crippen LogP contribution in [0.25, 0.3) is 22.2 Å². The van der Waals surface area contributed by atoms with Gasteiger partial charge in [-0.2, -0.15) is 0 Å². The number of piperidine rings is 3. The van der Waals surface area contributed by atoms with E-state index in [1.807, 2.05) is 6.07 Å². The summed E-state index contributed by atoms with van der Waals surface area (Å²) in [6, 6.07) is 15.6. The van der Waals surface area contributed by atoms with E-state index in [0.717, 1.165) is 43.6 Å². The first-order chi connectivity index (χ1) is 17.4. The van der Waals surface area contributed by atoms with Crippen LogP contribution in [0.5, 0.6) is 0 Å². The van der Waals surface area contributed by atoms with Gasteiger partial charge in [0.1, 0.15) is 11.6 Å². The molecule has 3 aromatic carbocycles. The quantitative estimate of drug-likeness (QED) is 0.437. The van der Waals surface area contributed by atoms with Gasteiger partial charge in [-0.1, -0.05) is 12.1 Å². The highest BCUT2D eigenvalue weighted by Crippen LogP contribution is 2.34. The van der Waals surface area contributed by atoms with Crippen LogP contribution in [-0.4, -0.2) is 46.4 Å². The van der Waals surface area contributed by atoms with Crippen LogP contribution in [0.4, 0.5) is 8.78 Å². The summed E-state index contributed by atoms with van der Waals surface area (Å²) in [5.41, 5.74) is 3.31. The molecule has 3 aliphatic heterocycles. The highest BCUT2D eigenvalue weighted by atomic mass is 19.1. The van der Waals surface area contributed by atoms with E-state index in [1.54, 1.807) is 29.2 Å². The number of nitrogens with one attached hydrogen (secondary N) is 1. The Morgan fingerprint density at radius 3 is 2.44 bits per heavy atom. The fourth-order valence-electron chi connectivity index (χ4n) is 5.57. The largest absolute Gasteiger partial charge is 0.417 e. The predicted molar refractivity (Wildman–Crippen MR) is 131 cm³/mol. The monoisotopic (exact) mass is 489 g/mol. The number of nitrogens with zero attached hydrogens (tertiary/aromatic N) is 2. The average Bonchev–Trinajstić information content (AvgIpc) is 3.28. The number of aromatic amines is 1. The summed E-state index contributed by atoms with van der Waals surface area (Å²) in [5.74, 6) is -1.21. The molecule has 1 atom stereocenters. The SMILES string of the molecule is O=C(c1ccc(F)cc1)N(Cc1cc(-c2ccc3[nH]c(=O)oc3c2)ccc1F)[C@@H]1CN2CCC1CC2. The van der Waals surface area contributed by atoms with E-state index >= 15 is 4.39 Å². The van der Waals surface area contributed by atoms with E-state index in [1.165, 1.54) is 30.3 Å². The van der Waals surface area contributed by atoms with Crippen LogP contribution in [-0.2, 0) is 6.54 Å². The summed E-state index contributed by atoms with van der Waals surface area (Å²) in [4.78, 5) is 31.9. The third-order valence-corrected chi connectivity index (χ3v) is 7.51. The molecule has 4 heterocycles. The Bertz CT molecular complexity index is 1490. The van der Waals surface area contributed by atoms with Crippen molar-refractivity contribution in [2.45, 2.75) is 25.4 Å². The average molecular weight is 490 g/mol. The summed E-state index contributed by atoms with van der Waals surface area (Å²) in [6.45, 7) is 2.89. The van der Waals surface area contributed by atoms with Crippen molar-refractivity contribution >= 4 is 17.0 Å². The zero-order valence-corrected chi connectivity index (χ0v) is 19.5. The van der Waals surface area contributed by atoms with Crippen molar-refractivity contribution in [2.24, 2.45) is 5.92 Å². The van der Waals surface area contributed by atoms with E-state index in [9.17, 15) is 14.0 Å². The minimum Gasteiger partial charge on any atom is -0.408 e. The third kappa shape index (κ3) is 4.22. The van der Waals surface area contributed by atoms with Gasteiger partial charge in [0.05, 0.1) is 5.52 Å². The van der Waals surface area contributed by atoms with E-state index in [-0.39, 0.29) is 18.5 Å². The zero-order valence-electron chi connectivity index (χ0n) is 19.5. The zero-order chi connectivity index (χ0) is 24.8. The fourth-order valence-corrected chi connectivity index (χ4v) is 5.57. The standard InChI is InChI=1S/C28H25F2N3O3/c29-22-5-1-18(2-6-22)27(34)33(25-16-32-11-9-17(25)10-12-32)15-21-13-19(3-7-23(21)30)20-4-8-24-26(14-20)36-28(35)31-24/h1-8,13-14,17,25H,9-12,15-16H2,(H,31,35)/t25-/m1/s1. The number of benzene rings is 3. The van der Waals surface area contributed by atoms with Crippen LogP contribution in [0, 0.1) is 17.6 Å². The lowest BCUT2D eigenvalue weighted by Gasteiger charge is -2.49. The van der Waals surface area contributed by atoms with Crippen molar-refractivity contribution in [3.63, 3.8) is 0 Å². The molecule has 4 aromatic rings. The van der Waals surface area contributed by atoms with Crippen LogP contribution >= 0.6 is 0 Å². The molecule has 3 saturated heterocycles. The molecule has 0 radical (unpaired) electrons. The maximum Gasteiger partial charge on any atom is 0.417 e. The number of aromatic nitrogens is 1. The molecule has 1 N–H and O–H groups in total. The molecule has 0 saturated carbocycles. The van der Waals surface area contributed by atoms with Gasteiger partial charge in [0.2, 0.25) is 0 Å². The van der Waals surface area contributed by atoms with Gasteiger partial charge in [0.15, 0.2) is 5.58 Å². The van der Waals surface area contributed by atoms with Gasteiger partial charge in [-0.05, 0) is 91.5 Å². The third-order valence-electron chi connectivity index (χ3n) is 7.51. The van der Waals surface area contributed by atoms with Crippen LogP contribution in [0.2, 0.25) is 0 Å². The number of halogens is 2. The van der Waals surface area contributed by atoms with Crippen molar-refractivity contribution in [1.82, 2.24) is 14.8 Å². The van der Waals surface area contributed by atoms with Crippen molar-refractivity contribution in [1.29, 1.82) is 0 Å². The van der Waals surface area contributed by atoms with Gasteiger partial charge in [-0.3, -0.25) is 9.78 Å². The number of amides is 1. The number of carbonyl (C=O) groups excluding carboxylic acids is 1. The number of hydrogen-bond donors (Lipinski definition) is 1. The molecular weight excluding hydrogens is 464 g/mol. The predicted octanol–water partition coefficient (Wildman–Crippen LogP) is 4.80. The highest BCUT2D eigenvalue weighted by molar-refractivity contribution is 5.94. The van der Waals surface area contributed by atoms with Crippen LogP contribution in [0.1, 0.15) is 28.8 Å². The molecule has 0 spiro atoms. The first-order valence-corrected chi connectivity index (χ1v) is 12.2. The topological polar surface area (TPSA) is 69.5 Å². The summed E-state index contributed by atoms with van der Waals surface area (Å²) in [6.07, 6.45) is 2.00. The Hall–Kier alpha value is -3.78. The Morgan fingerprint density at radius 1 is 1.00 bits per heavy atom. The fraction of sp³-hybridized carbons (Fsp3) is 0.286. The Labute approximate surface area is 206 Å². The second-order valence-corrected chi connectivity index (χ2v) is 9.68. The minimum absolute atomic E-state index is 0.0430. The number of carbonyl (C=O) groups is 1. The molecule has 184 valence electrons. The van der Waals surface area contributed by atoms with Gasteiger partial charge in [-0.15, -0.1) is 0 Å². The smallest absolute Gasteiger partial charge is 0.408 e. The number of H-pyrrole nitrogens is 1. The lowest BCUT2D eigenvalue weighted by Crippen LogP contribution is -2.58. The number of oxazole rings is 1.